The summed E-state index contributed by atoms with van der Waals surface area (Å²) in [7, 11) is 0. The molecule has 1 aliphatic heterocycles. The summed E-state index contributed by atoms with van der Waals surface area (Å²) in [5.74, 6) is -0.350. The molecule has 0 aromatic heterocycles. The van der Waals surface area contributed by atoms with Crippen LogP contribution in [0.1, 0.15) is 12.8 Å². The van der Waals surface area contributed by atoms with E-state index in [1.165, 1.54) is 0 Å². The maximum absolute atomic E-state index is 12.0. The molecule has 1 fully saturated rings. The molecule has 0 radical (unpaired) electrons. The Labute approximate surface area is 144 Å². The minimum atomic E-state index is -0.484. The Kier molecular flexibility index (Phi) is 4.94. The Hall–Kier alpha value is -3.35. The standard InChI is InChI=1S/C18H18N4O3/c23-16-11-10-15(22-16)17(24)19-13-6-8-14(9-7-13)21-18(25)20-12-4-2-1-3-5-12/h1-9,15H,10-11H2,(H,19,24)(H,22,23)(H2,20,21,25)/t15-/m1/s1. The van der Waals surface area contributed by atoms with Crippen LogP contribution in [-0.4, -0.2) is 23.9 Å². The van der Waals surface area contributed by atoms with Gasteiger partial charge < -0.3 is 21.3 Å². The van der Waals surface area contributed by atoms with Crippen LogP contribution in [0.2, 0.25) is 0 Å². The molecular weight excluding hydrogens is 320 g/mol. The number of carbonyl (C=O) groups excluding carboxylic acids is 3. The van der Waals surface area contributed by atoms with Gasteiger partial charge in [0.1, 0.15) is 6.04 Å². The van der Waals surface area contributed by atoms with Gasteiger partial charge in [-0.15, -0.1) is 0 Å². The van der Waals surface area contributed by atoms with Crippen molar-refractivity contribution in [2.75, 3.05) is 16.0 Å². The van der Waals surface area contributed by atoms with Crippen LogP contribution in [0, 0.1) is 0 Å². The number of para-hydroxylation sites is 1. The van der Waals surface area contributed by atoms with Gasteiger partial charge >= 0.3 is 6.03 Å². The lowest BCUT2D eigenvalue weighted by Gasteiger charge is -2.12. The van der Waals surface area contributed by atoms with Gasteiger partial charge in [-0.05, 0) is 42.8 Å². The molecule has 2 aromatic carbocycles. The van der Waals surface area contributed by atoms with E-state index in [0.717, 1.165) is 0 Å². The van der Waals surface area contributed by atoms with E-state index < -0.39 is 6.04 Å². The molecule has 0 spiro atoms. The number of hydrogen-bond donors (Lipinski definition) is 4. The van der Waals surface area contributed by atoms with Crippen LogP contribution >= 0.6 is 0 Å². The lowest BCUT2D eigenvalue weighted by Crippen LogP contribution is -2.37. The number of nitrogens with one attached hydrogen (secondary N) is 4. The van der Waals surface area contributed by atoms with Crippen LogP contribution in [0.15, 0.2) is 54.6 Å². The molecular formula is C18H18N4O3. The van der Waals surface area contributed by atoms with Crippen LogP contribution < -0.4 is 21.3 Å². The molecule has 128 valence electrons. The van der Waals surface area contributed by atoms with Gasteiger partial charge in [-0.2, -0.15) is 0 Å². The monoisotopic (exact) mass is 338 g/mol. The SMILES string of the molecule is O=C1CC[C@H](C(=O)Nc2ccc(NC(=O)Nc3ccccc3)cc2)N1. The summed E-state index contributed by atoms with van der Waals surface area (Å²) in [6.07, 6.45) is 0.876. The molecule has 7 nitrogen and oxygen atoms in total. The molecule has 1 aliphatic rings. The van der Waals surface area contributed by atoms with Crippen molar-refractivity contribution in [3.05, 3.63) is 54.6 Å². The van der Waals surface area contributed by atoms with E-state index in [0.29, 0.717) is 29.9 Å². The van der Waals surface area contributed by atoms with Crippen LogP contribution in [-0.2, 0) is 9.59 Å². The summed E-state index contributed by atoms with van der Waals surface area (Å²) in [4.78, 5) is 35.1. The first-order valence-corrected chi connectivity index (χ1v) is 7.93. The zero-order valence-electron chi connectivity index (χ0n) is 13.4. The van der Waals surface area contributed by atoms with Crippen LogP contribution in [0.5, 0.6) is 0 Å². The molecule has 3 rings (SSSR count). The fraction of sp³-hybridized carbons (Fsp3) is 0.167. The molecule has 1 saturated heterocycles. The lowest BCUT2D eigenvalue weighted by molar-refractivity contribution is -0.122. The van der Waals surface area contributed by atoms with Crippen LogP contribution in [0.4, 0.5) is 21.9 Å². The molecule has 4 N–H and O–H groups in total. The second kappa shape index (κ2) is 7.48. The smallest absolute Gasteiger partial charge is 0.323 e. The maximum atomic E-state index is 12.0. The van der Waals surface area contributed by atoms with E-state index in [-0.39, 0.29) is 17.8 Å². The van der Waals surface area contributed by atoms with E-state index in [1.807, 2.05) is 18.2 Å². The maximum Gasteiger partial charge on any atom is 0.323 e. The third-order valence-corrected chi connectivity index (χ3v) is 3.75. The summed E-state index contributed by atoms with van der Waals surface area (Å²) in [5, 5.41) is 10.8. The Morgan fingerprint density at radius 3 is 1.96 bits per heavy atom. The van der Waals surface area contributed by atoms with E-state index in [2.05, 4.69) is 21.3 Å². The van der Waals surface area contributed by atoms with Crippen LogP contribution in [0.25, 0.3) is 0 Å². The van der Waals surface area contributed by atoms with Crippen molar-refractivity contribution >= 4 is 34.9 Å². The molecule has 1 heterocycles. The van der Waals surface area contributed by atoms with E-state index in [4.69, 9.17) is 0 Å². The van der Waals surface area contributed by atoms with E-state index >= 15 is 0 Å². The molecule has 0 unspecified atom stereocenters. The minimum absolute atomic E-state index is 0.107. The predicted molar refractivity (Wildman–Crippen MR) is 95.3 cm³/mol. The Morgan fingerprint density at radius 1 is 0.840 bits per heavy atom. The molecule has 4 amide bonds. The van der Waals surface area contributed by atoms with Crippen molar-refractivity contribution < 1.29 is 14.4 Å². The van der Waals surface area contributed by atoms with E-state index in [1.54, 1.807) is 36.4 Å². The summed E-state index contributed by atoms with van der Waals surface area (Å²) in [5.41, 5.74) is 1.89. The van der Waals surface area contributed by atoms with Gasteiger partial charge in [0.25, 0.3) is 0 Å². The fourth-order valence-electron chi connectivity index (χ4n) is 2.49. The summed E-state index contributed by atoms with van der Waals surface area (Å²) in [6, 6.07) is 15.0. The molecule has 7 heteroatoms. The van der Waals surface area contributed by atoms with E-state index in [9.17, 15) is 14.4 Å². The minimum Gasteiger partial charge on any atom is -0.344 e. The van der Waals surface area contributed by atoms with Crippen molar-refractivity contribution in [3.63, 3.8) is 0 Å². The zero-order chi connectivity index (χ0) is 17.6. The first kappa shape index (κ1) is 16.5. The third kappa shape index (κ3) is 4.57. The lowest BCUT2D eigenvalue weighted by atomic mass is 10.2. The molecule has 0 aliphatic carbocycles. The van der Waals surface area contributed by atoms with Crippen LogP contribution in [0.3, 0.4) is 0 Å². The molecule has 0 bridgehead atoms. The van der Waals surface area contributed by atoms with Gasteiger partial charge in [0.15, 0.2) is 0 Å². The largest absolute Gasteiger partial charge is 0.344 e. The number of benzene rings is 2. The highest BCUT2D eigenvalue weighted by Gasteiger charge is 2.27. The summed E-state index contributed by atoms with van der Waals surface area (Å²) in [6.45, 7) is 0. The first-order chi connectivity index (χ1) is 12.1. The summed E-state index contributed by atoms with van der Waals surface area (Å²) < 4.78 is 0. The normalized spacial score (nSPS) is 16.0. The third-order valence-electron chi connectivity index (χ3n) is 3.75. The van der Waals surface area contributed by atoms with Gasteiger partial charge in [-0.3, -0.25) is 9.59 Å². The van der Waals surface area contributed by atoms with Gasteiger partial charge in [-0.1, -0.05) is 18.2 Å². The van der Waals surface area contributed by atoms with Gasteiger partial charge in [0, 0.05) is 23.5 Å². The van der Waals surface area contributed by atoms with Gasteiger partial charge in [0.2, 0.25) is 11.8 Å². The second-order valence-electron chi connectivity index (χ2n) is 5.67. The van der Waals surface area contributed by atoms with Gasteiger partial charge in [0.05, 0.1) is 0 Å². The molecule has 2 aromatic rings. The topological polar surface area (TPSA) is 99.3 Å². The highest BCUT2D eigenvalue weighted by molar-refractivity contribution is 6.01. The molecule has 0 saturated carbocycles. The second-order valence-corrected chi connectivity index (χ2v) is 5.67. The Morgan fingerprint density at radius 2 is 1.40 bits per heavy atom. The number of urea groups is 1. The zero-order valence-corrected chi connectivity index (χ0v) is 13.4. The molecule has 1 atom stereocenters. The highest BCUT2D eigenvalue weighted by atomic mass is 16.2. The van der Waals surface area contributed by atoms with Crippen molar-refractivity contribution in [2.24, 2.45) is 0 Å². The van der Waals surface area contributed by atoms with Crippen molar-refractivity contribution in [1.82, 2.24) is 5.32 Å². The number of amides is 4. The van der Waals surface area contributed by atoms with Crippen molar-refractivity contribution in [1.29, 1.82) is 0 Å². The highest BCUT2D eigenvalue weighted by Crippen LogP contribution is 2.16. The average Bonchev–Trinajstić information content (AvgIpc) is 3.04. The Balaban J connectivity index is 1.52. The van der Waals surface area contributed by atoms with Gasteiger partial charge in [-0.25, -0.2) is 4.79 Å². The summed E-state index contributed by atoms with van der Waals surface area (Å²) >= 11 is 0. The average molecular weight is 338 g/mol. The van der Waals surface area contributed by atoms with Crippen molar-refractivity contribution in [3.8, 4) is 0 Å². The number of rotatable bonds is 4. The number of carbonyl (C=O) groups is 3. The molecule has 25 heavy (non-hydrogen) atoms. The quantitative estimate of drug-likeness (QED) is 0.689. The number of hydrogen-bond acceptors (Lipinski definition) is 3. The Bertz CT molecular complexity index is 775. The van der Waals surface area contributed by atoms with Crippen molar-refractivity contribution in [2.45, 2.75) is 18.9 Å². The first-order valence-electron chi connectivity index (χ1n) is 7.93. The predicted octanol–water partition coefficient (Wildman–Crippen LogP) is 2.55. The number of anilines is 3. The fourth-order valence-corrected chi connectivity index (χ4v) is 2.49.